The zero-order valence-electron chi connectivity index (χ0n) is 12.1. The van der Waals surface area contributed by atoms with Gasteiger partial charge in [-0.15, -0.1) is 0 Å². The number of hydrogen-bond donors (Lipinski definition) is 2. The standard InChI is InChI=1S/C16H22ClNO3/c17-13-2-1-3-15(10-13)21-9-8-16(20)18-11-12-4-6-14(19)7-5-12/h1-3,10,12,14,19H,4-9,11H2,(H,18,20). The predicted molar refractivity (Wildman–Crippen MR) is 82.5 cm³/mol. The minimum absolute atomic E-state index is 0.00292. The van der Waals surface area contributed by atoms with Crippen molar-refractivity contribution in [3.8, 4) is 5.75 Å². The Morgan fingerprint density at radius 2 is 2.10 bits per heavy atom. The van der Waals surface area contributed by atoms with Gasteiger partial charge >= 0.3 is 0 Å². The number of hydrogen-bond acceptors (Lipinski definition) is 3. The lowest BCUT2D eigenvalue weighted by molar-refractivity contribution is -0.121. The smallest absolute Gasteiger partial charge is 0.223 e. The van der Waals surface area contributed by atoms with Crippen LogP contribution in [0.25, 0.3) is 0 Å². The third-order valence-corrected chi connectivity index (χ3v) is 4.03. The third kappa shape index (κ3) is 5.94. The molecule has 0 radical (unpaired) electrons. The van der Waals surface area contributed by atoms with Gasteiger partial charge in [-0.3, -0.25) is 4.79 Å². The molecule has 1 aliphatic rings. The van der Waals surface area contributed by atoms with Gasteiger partial charge in [0.25, 0.3) is 0 Å². The van der Waals surface area contributed by atoms with Gasteiger partial charge in [0.1, 0.15) is 5.75 Å². The summed E-state index contributed by atoms with van der Waals surface area (Å²) in [5.74, 6) is 1.17. The monoisotopic (exact) mass is 311 g/mol. The van der Waals surface area contributed by atoms with E-state index in [1.807, 2.05) is 12.1 Å². The summed E-state index contributed by atoms with van der Waals surface area (Å²) in [5, 5.41) is 13.0. The summed E-state index contributed by atoms with van der Waals surface area (Å²) in [6.07, 6.45) is 3.85. The van der Waals surface area contributed by atoms with Gasteiger partial charge in [0.05, 0.1) is 19.1 Å². The first kappa shape index (κ1) is 16.1. The van der Waals surface area contributed by atoms with Crippen LogP contribution >= 0.6 is 11.6 Å². The van der Waals surface area contributed by atoms with E-state index in [4.69, 9.17) is 16.3 Å². The fraction of sp³-hybridized carbons (Fsp3) is 0.562. The normalized spacial score (nSPS) is 21.8. The molecule has 5 heteroatoms. The molecule has 2 rings (SSSR count). The van der Waals surface area contributed by atoms with Crippen molar-refractivity contribution in [2.24, 2.45) is 5.92 Å². The number of aliphatic hydroxyl groups excluding tert-OH is 1. The van der Waals surface area contributed by atoms with Crippen LogP contribution in [0, 0.1) is 5.92 Å². The molecule has 2 N–H and O–H groups in total. The number of benzene rings is 1. The zero-order chi connectivity index (χ0) is 15.1. The van der Waals surface area contributed by atoms with Crippen molar-refractivity contribution >= 4 is 17.5 Å². The number of ether oxygens (including phenoxy) is 1. The molecule has 1 aliphatic carbocycles. The van der Waals surface area contributed by atoms with E-state index in [2.05, 4.69) is 5.32 Å². The average molecular weight is 312 g/mol. The highest BCUT2D eigenvalue weighted by molar-refractivity contribution is 6.30. The second kappa shape index (κ2) is 8.25. The van der Waals surface area contributed by atoms with E-state index in [-0.39, 0.29) is 12.0 Å². The van der Waals surface area contributed by atoms with E-state index in [0.717, 1.165) is 25.7 Å². The van der Waals surface area contributed by atoms with Crippen molar-refractivity contribution in [2.45, 2.75) is 38.2 Å². The Hall–Kier alpha value is -1.26. The first-order valence-electron chi connectivity index (χ1n) is 7.46. The summed E-state index contributed by atoms with van der Waals surface area (Å²) in [6.45, 7) is 1.04. The molecule has 1 saturated carbocycles. The molecule has 0 heterocycles. The summed E-state index contributed by atoms with van der Waals surface area (Å²) in [7, 11) is 0. The van der Waals surface area contributed by atoms with E-state index in [1.165, 1.54) is 0 Å². The van der Waals surface area contributed by atoms with Gasteiger partial charge in [0.2, 0.25) is 5.91 Å². The average Bonchev–Trinajstić information content (AvgIpc) is 2.47. The molecule has 0 spiro atoms. The lowest BCUT2D eigenvalue weighted by atomic mass is 9.87. The molecule has 0 saturated heterocycles. The van der Waals surface area contributed by atoms with Crippen LogP contribution in [0.3, 0.4) is 0 Å². The van der Waals surface area contributed by atoms with Crippen LogP contribution in [0.5, 0.6) is 5.75 Å². The maximum Gasteiger partial charge on any atom is 0.223 e. The summed E-state index contributed by atoms with van der Waals surface area (Å²) in [4.78, 5) is 11.7. The number of aliphatic hydroxyl groups is 1. The fourth-order valence-corrected chi connectivity index (χ4v) is 2.69. The van der Waals surface area contributed by atoms with E-state index in [9.17, 15) is 9.90 Å². The van der Waals surface area contributed by atoms with E-state index in [1.54, 1.807) is 12.1 Å². The minimum atomic E-state index is -0.150. The van der Waals surface area contributed by atoms with Gasteiger partial charge in [-0.2, -0.15) is 0 Å². The van der Waals surface area contributed by atoms with E-state index in [0.29, 0.717) is 36.3 Å². The van der Waals surface area contributed by atoms with Gasteiger partial charge in [-0.25, -0.2) is 0 Å². The highest BCUT2D eigenvalue weighted by atomic mass is 35.5. The number of nitrogens with one attached hydrogen (secondary N) is 1. The molecule has 1 aromatic rings. The Balaban J connectivity index is 1.59. The van der Waals surface area contributed by atoms with E-state index >= 15 is 0 Å². The van der Waals surface area contributed by atoms with Gasteiger partial charge in [-0.1, -0.05) is 17.7 Å². The molecule has 1 aromatic carbocycles. The molecule has 0 bridgehead atoms. The molecular weight excluding hydrogens is 290 g/mol. The minimum Gasteiger partial charge on any atom is -0.493 e. The number of amides is 1. The fourth-order valence-electron chi connectivity index (χ4n) is 2.51. The van der Waals surface area contributed by atoms with Crippen LogP contribution in [0.4, 0.5) is 0 Å². The maximum atomic E-state index is 11.7. The molecule has 21 heavy (non-hydrogen) atoms. The zero-order valence-corrected chi connectivity index (χ0v) is 12.8. The van der Waals surface area contributed by atoms with Crippen molar-refractivity contribution in [3.05, 3.63) is 29.3 Å². The lowest BCUT2D eigenvalue weighted by Crippen LogP contribution is -2.32. The SMILES string of the molecule is O=C(CCOc1cccc(Cl)c1)NCC1CCC(O)CC1. The Morgan fingerprint density at radius 3 is 2.81 bits per heavy atom. The Morgan fingerprint density at radius 1 is 1.33 bits per heavy atom. The second-order valence-corrected chi connectivity index (χ2v) is 5.97. The van der Waals surface area contributed by atoms with Crippen molar-refractivity contribution in [1.29, 1.82) is 0 Å². The highest BCUT2D eigenvalue weighted by Gasteiger charge is 2.19. The van der Waals surface area contributed by atoms with Crippen molar-refractivity contribution in [2.75, 3.05) is 13.2 Å². The summed E-state index contributed by atoms with van der Waals surface area (Å²) < 4.78 is 5.49. The van der Waals surface area contributed by atoms with Crippen molar-refractivity contribution in [3.63, 3.8) is 0 Å². The summed E-state index contributed by atoms with van der Waals surface area (Å²) in [5.41, 5.74) is 0. The van der Waals surface area contributed by atoms with Crippen LogP contribution in [0.15, 0.2) is 24.3 Å². The molecule has 0 aromatic heterocycles. The molecular formula is C16H22ClNO3. The van der Waals surface area contributed by atoms with Gasteiger partial charge in [0.15, 0.2) is 0 Å². The predicted octanol–water partition coefficient (Wildman–Crippen LogP) is 2.78. The molecule has 4 nitrogen and oxygen atoms in total. The number of halogens is 1. The van der Waals surface area contributed by atoms with Gasteiger partial charge in [0, 0.05) is 11.6 Å². The molecule has 1 amide bonds. The molecule has 0 unspecified atom stereocenters. The van der Waals surface area contributed by atoms with Gasteiger partial charge < -0.3 is 15.2 Å². The van der Waals surface area contributed by atoms with Crippen LogP contribution in [0.1, 0.15) is 32.1 Å². The Labute approximate surface area is 130 Å². The Kier molecular flexibility index (Phi) is 6.33. The summed E-state index contributed by atoms with van der Waals surface area (Å²) in [6, 6.07) is 7.14. The molecule has 0 aliphatic heterocycles. The largest absolute Gasteiger partial charge is 0.493 e. The molecule has 0 atom stereocenters. The van der Waals surface area contributed by atoms with Crippen molar-refractivity contribution in [1.82, 2.24) is 5.32 Å². The topological polar surface area (TPSA) is 58.6 Å². The van der Waals surface area contributed by atoms with Crippen molar-refractivity contribution < 1.29 is 14.6 Å². The third-order valence-electron chi connectivity index (χ3n) is 3.80. The van der Waals surface area contributed by atoms with Crippen LogP contribution in [-0.2, 0) is 4.79 Å². The maximum absolute atomic E-state index is 11.7. The van der Waals surface area contributed by atoms with Gasteiger partial charge in [-0.05, 0) is 49.8 Å². The number of carbonyl (C=O) groups is 1. The van der Waals surface area contributed by atoms with Crippen LogP contribution < -0.4 is 10.1 Å². The van der Waals surface area contributed by atoms with E-state index < -0.39 is 0 Å². The second-order valence-electron chi connectivity index (χ2n) is 5.53. The quantitative estimate of drug-likeness (QED) is 0.849. The Bertz CT molecular complexity index is 459. The molecule has 116 valence electrons. The first-order valence-corrected chi connectivity index (χ1v) is 7.84. The summed E-state index contributed by atoms with van der Waals surface area (Å²) >= 11 is 5.86. The number of rotatable bonds is 6. The van der Waals surface area contributed by atoms with Crippen LogP contribution in [-0.4, -0.2) is 30.3 Å². The lowest BCUT2D eigenvalue weighted by Gasteiger charge is -2.25. The number of carbonyl (C=O) groups excluding carboxylic acids is 1. The highest BCUT2D eigenvalue weighted by Crippen LogP contribution is 2.23. The first-order chi connectivity index (χ1) is 10.1. The molecule has 1 fully saturated rings. The van der Waals surface area contributed by atoms with Crippen LogP contribution in [0.2, 0.25) is 5.02 Å².